The van der Waals surface area contributed by atoms with Crippen LogP contribution in [0.1, 0.15) is 28.3 Å². The van der Waals surface area contributed by atoms with Gasteiger partial charge in [-0.15, -0.1) is 10.2 Å². The number of nitriles is 1. The molecule has 142 valence electrons. The van der Waals surface area contributed by atoms with E-state index in [1.54, 1.807) is 24.3 Å². The van der Waals surface area contributed by atoms with Crippen molar-refractivity contribution < 1.29 is 12.9 Å². The van der Waals surface area contributed by atoms with E-state index in [2.05, 4.69) is 21.3 Å². The third-order valence-corrected chi connectivity index (χ3v) is 5.02. The van der Waals surface area contributed by atoms with Crippen LogP contribution in [0.25, 0.3) is 11.1 Å². The van der Waals surface area contributed by atoms with Crippen LogP contribution in [0.3, 0.4) is 0 Å². The summed E-state index contributed by atoms with van der Waals surface area (Å²) in [5, 5.41) is 17.0. The second kappa shape index (κ2) is 7.00. The van der Waals surface area contributed by atoms with Crippen LogP contribution in [0, 0.1) is 17.3 Å². The Kier molecular flexibility index (Phi) is 3.67. The normalized spacial score (nSPS) is 18.0. The van der Waals surface area contributed by atoms with Crippen LogP contribution in [-0.4, -0.2) is 32.8 Å². The molecule has 1 aliphatic rings. The number of para-hydroxylation sites is 1. The van der Waals surface area contributed by atoms with Gasteiger partial charge < -0.3 is 9.47 Å². The molecule has 2 aromatic heterocycles. The molecule has 0 unspecified atom stereocenters. The lowest BCUT2D eigenvalue weighted by atomic mass is 9.90. The Morgan fingerprint density at radius 3 is 2.75 bits per heavy atom. The van der Waals surface area contributed by atoms with Gasteiger partial charge in [0.1, 0.15) is 12.4 Å². The molecular weight excluding hydrogens is 362 g/mol. The first kappa shape index (κ1) is 14.7. The van der Waals surface area contributed by atoms with Gasteiger partial charge in [0.25, 0.3) is 0 Å². The molecule has 1 saturated heterocycles. The monoisotopic (exact) mass is 383 g/mol. The fourth-order valence-electron chi connectivity index (χ4n) is 3.59. The van der Waals surface area contributed by atoms with Gasteiger partial charge in [0.15, 0.2) is 11.5 Å². The molecule has 0 bridgehead atoms. The van der Waals surface area contributed by atoms with Crippen molar-refractivity contribution in [1.82, 2.24) is 19.7 Å². The van der Waals surface area contributed by atoms with Gasteiger partial charge in [0, 0.05) is 54.3 Å². The number of rotatable bonds is 3. The number of anilines is 1. The fourth-order valence-corrected chi connectivity index (χ4v) is 3.59. The van der Waals surface area contributed by atoms with Crippen molar-refractivity contribution in [2.75, 3.05) is 18.0 Å². The molecular formula is C20H18F2N6. The predicted octanol–water partition coefficient (Wildman–Crippen LogP) is 3.35. The summed E-state index contributed by atoms with van der Waals surface area (Å²) in [6.07, 6.45) is 2.35. The average Bonchev–Trinajstić information content (AvgIpc) is 3.26. The van der Waals surface area contributed by atoms with Crippen LogP contribution in [-0.2, 0) is 12.6 Å². The van der Waals surface area contributed by atoms with E-state index in [1.807, 2.05) is 4.90 Å². The topological polar surface area (TPSA) is 70.6 Å². The Labute approximate surface area is 165 Å². The van der Waals surface area contributed by atoms with Gasteiger partial charge in [-0.05, 0) is 18.2 Å². The first-order valence-corrected chi connectivity index (χ1v) is 8.73. The molecule has 1 fully saturated rings. The number of alkyl halides is 1. The minimum Gasteiger partial charge on any atom is -0.370 e. The zero-order valence-corrected chi connectivity index (χ0v) is 14.8. The average molecular weight is 383 g/mol. The summed E-state index contributed by atoms with van der Waals surface area (Å²) in [7, 11) is 0. The van der Waals surface area contributed by atoms with E-state index in [1.165, 1.54) is 12.3 Å². The van der Waals surface area contributed by atoms with E-state index in [9.17, 15) is 9.65 Å². The number of hydrogen-bond acceptors (Lipinski definition) is 5. The molecule has 3 heterocycles. The van der Waals surface area contributed by atoms with Crippen molar-refractivity contribution >= 4 is 5.69 Å². The first-order valence-electron chi connectivity index (χ1n) is 10.2. The first-order chi connectivity index (χ1) is 14.7. The maximum absolute atomic E-state index is 15.8. The molecule has 3 aromatic rings. The molecule has 0 saturated carbocycles. The number of aromatic nitrogens is 4. The Hall–Kier alpha value is -3.34. The molecule has 0 aliphatic carbocycles. The molecule has 4 rings (SSSR count). The van der Waals surface area contributed by atoms with E-state index in [-0.39, 0.29) is 31.8 Å². The zero-order valence-electron chi connectivity index (χ0n) is 17.8. The van der Waals surface area contributed by atoms with E-state index < -0.39 is 18.6 Å². The third-order valence-electron chi connectivity index (χ3n) is 5.02. The zero-order chi connectivity index (χ0) is 22.2. The lowest BCUT2D eigenvalue weighted by Crippen LogP contribution is -2.42. The largest absolute Gasteiger partial charge is 0.370 e. The fraction of sp³-hybridized carbons (Fsp3) is 0.300. The van der Waals surface area contributed by atoms with Gasteiger partial charge in [-0.1, -0.05) is 12.1 Å². The van der Waals surface area contributed by atoms with Crippen molar-refractivity contribution in [2.45, 2.75) is 18.5 Å². The summed E-state index contributed by atoms with van der Waals surface area (Å²) >= 11 is 0. The summed E-state index contributed by atoms with van der Waals surface area (Å²) in [5.74, 6) is -0.830. The number of halogens is 2. The van der Waals surface area contributed by atoms with Gasteiger partial charge in [0.05, 0.1) is 11.3 Å². The highest BCUT2D eigenvalue weighted by Crippen LogP contribution is 2.40. The predicted molar refractivity (Wildman–Crippen MR) is 99.6 cm³/mol. The molecule has 0 spiro atoms. The van der Waals surface area contributed by atoms with Crippen molar-refractivity contribution in [1.29, 1.82) is 5.26 Å². The van der Waals surface area contributed by atoms with Crippen LogP contribution in [0.4, 0.5) is 14.5 Å². The van der Waals surface area contributed by atoms with Gasteiger partial charge in [-0.2, -0.15) is 9.65 Å². The second-order valence-electron chi connectivity index (χ2n) is 6.66. The molecule has 1 aliphatic heterocycles. The Bertz CT molecular complexity index is 1130. The third kappa shape index (κ3) is 3.09. The highest BCUT2D eigenvalue weighted by Gasteiger charge is 2.40. The van der Waals surface area contributed by atoms with Crippen LogP contribution < -0.4 is 4.90 Å². The lowest BCUT2D eigenvalue weighted by molar-refractivity contribution is 0.109. The molecule has 0 amide bonds. The standard InChI is InChI=1S/C20H18F2N6/c1-27-13-25-26-19(27)20(22)7-9-28(10-8-20)18-14(11-23)3-2-4-16(18)15-5-6-17(21)24-12-15/h2-6,12-13H,7-10H2,1H3/i1D3. The van der Waals surface area contributed by atoms with Crippen molar-refractivity contribution in [3.05, 3.63) is 60.2 Å². The SMILES string of the molecule is [2H]C([2H])([2H])n1cnnc1C1(F)CCN(c2c(C#N)cccc2-c2ccc(F)nc2)CC1. The smallest absolute Gasteiger partial charge is 0.212 e. The van der Waals surface area contributed by atoms with E-state index in [4.69, 9.17) is 4.11 Å². The highest BCUT2D eigenvalue weighted by atomic mass is 19.1. The van der Waals surface area contributed by atoms with Crippen LogP contribution in [0.5, 0.6) is 0 Å². The maximum atomic E-state index is 15.8. The van der Waals surface area contributed by atoms with E-state index in [0.29, 0.717) is 22.4 Å². The number of benzene rings is 1. The molecule has 6 nitrogen and oxygen atoms in total. The molecule has 0 atom stereocenters. The quantitative estimate of drug-likeness (QED) is 0.649. The van der Waals surface area contributed by atoms with Gasteiger partial charge >= 0.3 is 0 Å². The van der Waals surface area contributed by atoms with E-state index >= 15 is 4.39 Å². The maximum Gasteiger partial charge on any atom is 0.212 e. The highest BCUT2D eigenvalue weighted by molar-refractivity contribution is 5.82. The van der Waals surface area contributed by atoms with Gasteiger partial charge in [0.2, 0.25) is 5.95 Å². The Morgan fingerprint density at radius 1 is 1.25 bits per heavy atom. The van der Waals surface area contributed by atoms with Gasteiger partial charge in [-0.3, -0.25) is 0 Å². The van der Waals surface area contributed by atoms with Crippen LogP contribution in [0.2, 0.25) is 0 Å². The Balaban J connectivity index is 1.66. The van der Waals surface area contributed by atoms with Crippen molar-refractivity contribution in [3.8, 4) is 17.2 Å². The van der Waals surface area contributed by atoms with Crippen LogP contribution in [0.15, 0.2) is 42.9 Å². The number of nitrogens with zero attached hydrogens (tertiary/aromatic N) is 6. The van der Waals surface area contributed by atoms with Crippen molar-refractivity contribution in [2.24, 2.45) is 6.98 Å². The summed E-state index contributed by atoms with van der Waals surface area (Å²) < 4.78 is 52.5. The molecule has 8 heteroatoms. The number of hydrogen-bond donors (Lipinski definition) is 0. The molecule has 28 heavy (non-hydrogen) atoms. The summed E-state index contributed by atoms with van der Waals surface area (Å²) in [6.45, 7) is -2.12. The van der Waals surface area contributed by atoms with Crippen LogP contribution >= 0.6 is 0 Å². The Morgan fingerprint density at radius 2 is 2.07 bits per heavy atom. The summed E-state index contributed by atoms with van der Waals surface area (Å²) in [6, 6.07) is 10.2. The number of aryl methyl sites for hydroxylation is 1. The molecule has 0 N–H and O–H groups in total. The minimum absolute atomic E-state index is 0.0252. The van der Waals surface area contributed by atoms with Gasteiger partial charge in [-0.25, -0.2) is 9.37 Å². The van der Waals surface area contributed by atoms with E-state index in [0.717, 1.165) is 10.9 Å². The summed E-state index contributed by atoms with van der Waals surface area (Å²) in [4.78, 5) is 5.57. The number of pyridine rings is 1. The lowest BCUT2D eigenvalue weighted by Gasteiger charge is -2.38. The minimum atomic E-state index is -2.58. The summed E-state index contributed by atoms with van der Waals surface area (Å²) in [5.41, 5.74) is 0.369. The van der Waals surface area contributed by atoms with Crippen molar-refractivity contribution in [3.63, 3.8) is 0 Å². The molecule has 0 radical (unpaired) electrons. The molecule has 1 aromatic carbocycles. The second-order valence-corrected chi connectivity index (χ2v) is 6.66. The number of piperidine rings is 1.